The van der Waals surface area contributed by atoms with Crippen molar-refractivity contribution in [3.05, 3.63) is 85.1 Å². The van der Waals surface area contributed by atoms with E-state index in [9.17, 15) is 19.4 Å². The third-order valence-corrected chi connectivity index (χ3v) is 7.83. The van der Waals surface area contributed by atoms with Gasteiger partial charge in [-0.15, -0.1) is 0 Å². The molecule has 0 saturated carbocycles. The zero-order valence-corrected chi connectivity index (χ0v) is 30.8. The Hall–Kier alpha value is -2.32. The molecule has 0 aromatic carbocycles. The Balaban J connectivity index is 4.81. The highest BCUT2D eigenvalue weighted by atomic mass is 31.2. The summed E-state index contributed by atoms with van der Waals surface area (Å²) in [6, 6.07) is -0.958. The van der Waals surface area contributed by atoms with Crippen molar-refractivity contribution in [2.75, 3.05) is 40.9 Å². The number of amides is 1. The molecule has 0 aliphatic rings. The molecule has 0 aliphatic heterocycles. The normalized spacial score (nSPS) is 15.8. The number of carbonyl (C=O) groups excluding carboxylic acids is 1. The molecule has 0 aromatic rings. The van der Waals surface area contributed by atoms with Crippen LogP contribution >= 0.6 is 7.82 Å². The first-order chi connectivity index (χ1) is 22.5. The first kappa shape index (κ1) is 44.7. The molecule has 9 heteroatoms. The number of carbonyl (C=O) groups is 1. The van der Waals surface area contributed by atoms with E-state index in [0.29, 0.717) is 17.4 Å². The number of rotatable bonds is 29. The highest BCUT2D eigenvalue weighted by molar-refractivity contribution is 7.45. The number of aliphatic hydroxyl groups excluding tert-OH is 1. The van der Waals surface area contributed by atoms with E-state index in [1.54, 1.807) is 12.2 Å². The zero-order chi connectivity index (χ0) is 35.1. The molecule has 0 saturated heterocycles. The van der Waals surface area contributed by atoms with Crippen LogP contribution in [-0.2, 0) is 18.4 Å². The van der Waals surface area contributed by atoms with Crippen LogP contribution in [0.2, 0.25) is 0 Å². The SMILES string of the molecule is CC/C=C\C/C=C\C/C=C\C/C=C\C/C=C\CC(=O)NC(COP(=O)([O-])OCC[N+](C)(C)C)C(O)/C=C/CC/C=C/CCCCCC. The summed E-state index contributed by atoms with van der Waals surface area (Å²) in [5, 5.41) is 13.5. The van der Waals surface area contributed by atoms with E-state index in [2.05, 4.69) is 73.8 Å². The number of unbranched alkanes of at least 4 members (excludes halogenated alkanes) is 5. The molecule has 0 fully saturated rings. The lowest BCUT2D eigenvalue weighted by atomic mass is 10.1. The van der Waals surface area contributed by atoms with Crippen LogP contribution < -0.4 is 10.2 Å². The minimum Gasteiger partial charge on any atom is -0.756 e. The van der Waals surface area contributed by atoms with Gasteiger partial charge in [0.2, 0.25) is 5.91 Å². The van der Waals surface area contributed by atoms with E-state index >= 15 is 0 Å². The van der Waals surface area contributed by atoms with Crippen molar-refractivity contribution in [1.82, 2.24) is 5.32 Å². The first-order valence-corrected chi connectivity index (χ1v) is 18.9. The van der Waals surface area contributed by atoms with Crippen molar-refractivity contribution < 1.29 is 32.9 Å². The van der Waals surface area contributed by atoms with Gasteiger partial charge in [-0.3, -0.25) is 9.36 Å². The molecule has 0 bridgehead atoms. The number of hydrogen-bond acceptors (Lipinski definition) is 6. The number of likely N-dealkylation sites (N-methyl/N-ethyl adjacent to an activating group) is 1. The second kappa shape index (κ2) is 29.8. The van der Waals surface area contributed by atoms with E-state index in [4.69, 9.17) is 9.05 Å². The van der Waals surface area contributed by atoms with E-state index in [1.165, 1.54) is 25.7 Å². The molecule has 3 unspecified atom stereocenters. The average Bonchev–Trinajstić information content (AvgIpc) is 3.01. The Labute approximate surface area is 286 Å². The molecule has 47 heavy (non-hydrogen) atoms. The van der Waals surface area contributed by atoms with Gasteiger partial charge < -0.3 is 28.8 Å². The van der Waals surface area contributed by atoms with E-state index in [1.807, 2.05) is 39.4 Å². The topological polar surface area (TPSA) is 108 Å². The van der Waals surface area contributed by atoms with Crippen LogP contribution in [0.4, 0.5) is 0 Å². The van der Waals surface area contributed by atoms with Crippen molar-refractivity contribution in [1.29, 1.82) is 0 Å². The zero-order valence-electron chi connectivity index (χ0n) is 29.9. The van der Waals surface area contributed by atoms with Crippen molar-refractivity contribution in [3.8, 4) is 0 Å². The molecule has 0 spiro atoms. The molecule has 2 N–H and O–H groups in total. The van der Waals surface area contributed by atoms with Gasteiger partial charge in [-0.2, -0.15) is 0 Å². The summed E-state index contributed by atoms with van der Waals surface area (Å²) in [5.41, 5.74) is 0. The molecule has 0 aromatic heterocycles. The van der Waals surface area contributed by atoms with Gasteiger partial charge in [0.25, 0.3) is 7.82 Å². The van der Waals surface area contributed by atoms with Gasteiger partial charge in [-0.1, -0.05) is 118 Å². The van der Waals surface area contributed by atoms with Crippen LogP contribution in [0.1, 0.15) is 97.3 Å². The van der Waals surface area contributed by atoms with Gasteiger partial charge in [0.1, 0.15) is 13.2 Å². The second-order valence-electron chi connectivity index (χ2n) is 12.5. The van der Waals surface area contributed by atoms with Gasteiger partial charge in [0, 0.05) is 6.42 Å². The predicted octanol–water partition coefficient (Wildman–Crippen LogP) is 8.04. The fourth-order valence-electron chi connectivity index (χ4n) is 4.05. The first-order valence-electron chi connectivity index (χ1n) is 17.4. The lowest BCUT2D eigenvalue weighted by molar-refractivity contribution is -0.870. The quantitative estimate of drug-likeness (QED) is 0.0359. The predicted molar refractivity (Wildman–Crippen MR) is 196 cm³/mol. The molecule has 0 aliphatic carbocycles. The van der Waals surface area contributed by atoms with Gasteiger partial charge in [-0.05, 0) is 57.8 Å². The fourth-order valence-corrected chi connectivity index (χ4v) is 4.78. The van der Waals surface area contributed by atoms with Crippen LogP contribution in [0.15, 0.2) is 85.1 Å². The van der Waals surface area contributed by atoms with Crippen LogP contribution in [0.25, 0.3) is 0 Å². The summed E-state index contributed by atoms with van der Waals surface area (Å²) < 4.78 is 22.9. The lowest BCUT2D eigenvalue weighted by Gasteiger charge is -2.29. The minimum absolute atomic E-state index is 0.0278. The lowest BCUT2D eigenvalue weighted by Crippen LogP contribution is -2.45. The average molecular weight is 677 g/mol. The largest absolute Gasteiger partial charge is 0.756 e. The molecular weight excluding hydrogens is 611 g/mol. The highest BCUT2D eigenvalue weighted by Gasteiger charge is 2.22. The van der Waals surface area contributed by atoms with Crippen LogP contribution in [0.5, 0.6) is 0 Å². The van der Waals surface area contributed by atoms with Crippen molar-refractivity contribution >= 4 is 13.7 Å². The molecule has 0 rings (SSSR count). The molecule has 8 nitrogen and oxygen atoms in total. The number of allylic oxidation sites excluding steroid dienone is 12. The maximum Gasteiger partial charge on any atom is 0.268 e. The van der Waals surface area contributed by atoms with Gasteiger partial charge in [0.05, 0.1) is 39.9 Å². The maximum absolute atomic E-state index is 12.7. The maximum atomic E-state index is 12.7. The monoisotopic (exact) mass is 676 g/mol. The molecule has 3 atom stereocenters. The Morgan fingerprint density at radius 1 is 0.766 bits per heavy atom. The van der Waals surface area contributed by atoms with E-state index < -0.39 is 26.6 Å². The summed E-state index contributed by atoms with van der Waals surface area (Å²) in [6.07, 6.45) is 39.5. The van der Waals surface area contributed by atoms with Crippen LogP contribution in [0.3, 0.4) is 0 Å². The van der Waals surface area contributed by atoms with Crippen LogP contribution in [-0.4, -0.2) is 68.5 Å². The van der Waals surface area contributed by atoms with Crippen molar-refractivity contribution in [2.24, 2.45) is 0 Å². The standard InChI is InChI=1S/C38H65N2O6P/c1-6-8-10-12-14-16-18-19-20-21-22-24-26-28-30-32-38(42)39-36(35-46-47(43,44)45-34-33-40(3,4)5)37(41)31-29-27-25-23-17-15-13-11-9-7-2/h8,10,14,16-17,19-20,22-24,28-31,36-37,41H,6-7,9,11-13,15,18,21,25-27,32-35H2,1-5H3,(H-,39,42,43,44)/b10-8-,16-14-,20-19-,23-17+,24-22-,30-28-,31-29+. The Morgan fingerprint density at radius 2 is 1.32 bits per heavy atom. The highest BCUT2D eigenvalue weighted by Crippen LogP contribution is 2.38. The summed E-state index contributed by atoms with van der Waals surface area (Å²) in [7, 11) is 1.16. The van der Waals surface area contributed by atoms with E-state index in [0.717, 1.165) is 44.9 Å². The van der Waals surface area contributed by atoms with E-state index in [-0.39, 0.29) is 18.9 Å². The summed E-state index contributed by atoms with van der Waals surface area (Å²) >= 11 is 0. The van der Waals surface area contributed by atoms with Crippen molar-refractivity contribution in [3.63, 3.8) is 0 Å². The molecule has 268 valence electrons. The van der Waals surface area contributed by atoms with Gasteiger partial charge >= 0.3 is 0 Å². The number of phosphoric ester groups is 1. The summed E-state index contributed by atoms with van der Waals surface area (Å²) in [6.45, 7) is 4.34. The Kier molecular flexibility index (Phi) is 28.3. The molecule has 1 amide bonds. The summed E-state index contributed by atoms with van der Waals surface area (Å²) in [5.74, 6) is -0.342. The number of quaternary nitrogens is 1. The number of phosphoric acid groups is 1. The fraction of sp³-hybridized carbons (Fsp3) is 0.605. The third kappa shape index (κ3) is 32.0. The minimum atomic E-state index is -4.61. The van der Waals surface area contributed by atoms with Crippen molar-refractivity contribution in [2.45, 2.75) is 109 Å². The Bertz CT molecular complexity index is 1040. The number of hydrogen-bond donors (Lipinski definition) is 2. The second-order valence-corrected chi connectivity index (χ2v) is 13.9. The number of nitrogens with one attached hydrogen (secondary N) is 1. The van der Waals surface area contributed by atoms with Gasteiger partial charge in [-0.25, -0.2) is 0 Å². The van der Waals surface area contributed by atoms with Crippen LogP contribution in [0, 0.1) is 0 Å². The number of nitrogens with zero attached hydrogens (tertiary/aromatic N) is 1. The number of aliphatic hydroxyl groups is 1. The molecular formula is C38H65N2O6P. The van der Waals surface area contributed by atoms with Gasteiger partial charge in [0.15, 0.2) is 0 Å². The smallest absolute Gasteiger partial charge is 0.268 e. The molecule has 0 heterocycles. The third-order valence-electron chi connectivity index (χ3n) is 6.87. The molecule has 0 radical (unpaired) electrons. The Morgan fingerprint density at radius 3 is 1.89 bits per heavy atom. The summed E-state index contributed by atoms with van der Waals surface area (Å²) in [4.78, 5) is 25.0.